The minimum absolute atomic E-state index is 0.103. The van der Waals surface area contributed by atoms with Gasteiger partial charge >= 0.3 is 13.6 Å². The van der Waals surface area contributed by atoms with Crippen LogP contribution in [0.4, 0.5) is 5.69 Å². The summed E-state index contributed by atoms with van der Waals surface area (Å²) >= 11 is 0. The number of rotatable bonds is 9. The van der Waals surface area contributed by atoms with Gasteiger partial charge in [0.2, 0.25) is 5.85 Å². The number of esters is 1. The fourth-order valence-corrected chi connectivity index (χ4v) is 3.81. The van der Waals surface area contributed by atoms with Gasteiger partial charge in [-0.2, -0.15) is 0 Å². The van der Waals surface area contributed by atoms with Crippen molar-refractivity contribution in [2.45, 2.75) is 39.5 Å². The smallest absolute Gasteiger partial charge is 0.419 e. The predicted molar refractivity (Wildman–Crippen MR) is 83.4 cm³/mol. The molecule has 0 bridgehead atoms. The van der Waals surface area contributed by atoms with Crippen LogP contribution in [0.2, 0.25) is 0 Å². The molecule has 1 rings (SSSR count). The lowest BCUT2D eigenvalue weighted by molar-refractivity contribution is -0.384. The van der Waals surface area contributed by atoms with Gasteiger partial charge in [0.05, 0.1) is 11.5 Å². The SMILES string of the molecule is CCC[C@H](OC(C)=O)[P@](=O)(OCC)Oc1ccc([N+](=O)[O-])cc1. The molecule has 0 saturated carbocycles. The van der Waals surface area contributed by atoms with Gasteiger partial charge < -0.3 is 9.26 Å². The van der Waals surface area contributed by atoms with Crippen molar-refractivity contribution in [1.82, 2.24) is 0 Å². The predicted octanol–water partition coefficient (Wildman–Crippen LogP) is 3.89. The highest BCUT2D eigenvalue weighted by atomic mass is 31.2. The van der Waals surface area contributed by atoms with Crippen LogP contribution in [0.3, 0.4) is 0 Å². The van der Waals surface area contributed by atoms with E-state index in [-0.39, 0.29) is 18.0 Å². The van der Waals surface area contributed by atoms with E-state index in [1.54, 1.807) is 6.92 Å². The molecule has 23 heavy (non-hydrogen) atoms. The highest BCUT2D eigenvalue weighted by Gasteiger charge is 2.39. The molecule has 0 fully saturated rings. The number of carbonyl (C=O) groups is 1. The average molecular weight is 345 g/mol. The molecule has 2 atom stereocenters. The molecule has 0 aliphatic rings. The topological polar surface area (TPSA) is 105 Å². The Morgan fingerprint density at radius 3 is 2.35 bits per heavy atom. The van der Waals surface area contributed by atoms with Crippen LogP contribution in [0.5, 0.6) is 5.75 Å². The van der Waals surface area contributed by atoms with E-state index in [1.807, 2.05) is 6.92 Å². The van der Waals surface area contributed by atoms with E-state index in [4.69, 9.17) is 13.8 Å². The van der Waals surface area contributed by atoms with Gasteiger partial charge in [0.25, 0.3) is 5.69 Å². The summed E-state index contributed by atoms with van der Waals surface area (Å²) in [4.78, 5) is 21.3. The molecule has 0 aliphatic carbocycles. The molecule has 1 aromatic carbocycles. The lowest BCUT2D eigenvalue weighted by Gasteiger charge is -2.26. The molecule has 0 aromatic heterocycles. The number of non-ortho nitro benzene ring substituents is 1. The van der Waals surface area contributed by atoms with Crippen LogP contribution in [0.1, 0.15) is 33.6 Å². The molecule has 8 nitrogen and oxygen atoms in total. The quantitative estimate of drug-likeness (QED) is 0.289. The maximum absolute atomic E-state index is 13.0. The van der Waals surface area contributed by atoms with Gasteiger partial charge in [-0.15, -0.1) is 0 Å². The van der Waals surface area contributed by atoms with Gasteiger partial charge in [0, 0.05) is 19.1 Å². The summed E-state index contributed by atoms with van der Waals surface area (Å²) in [6.07, 6.45) is 0.919. The van der Waals surface area contributed by atoms with Crippen LogP contribution in [0.25, 0.3) is 0 Å². The number of hydrogen-bond acceptors (Lipinski definition) is 7. The second kappa shape index (κ2) is 8.64. The lowest BCUT2D eigenvalue weighted by atomic mass is 10.3. The van der Waals surface area contributed by atoms with Crippen molar-refractivity contribution in [2.75, 3.05) is 6.61 Å². The summed E-state index contributed by atoms with van der Waals surface area (Å²) < 4.78 is 28.7. The van der Waals surface area contributed by atoms with Crippen LogP contribution in [-0.2, 0) is 18.6 Å². The molecule has 0 heterocycles. The molecule has 0 N–H and O–H groups in total. The Kier molecular flexibility index (Phi) is 7.19. The zero-order valence-electron chi connectivity index (χ0n) is 13.3. The molecular formula is C14H20NO7P. The third-order valence-electron chi connectivity index (χ3n) is 2.78. The highest BCUT2D eigenvalue weighted by molar-refractivity contribution is 7.54. The fraction of sp³-hybridized carbons (Fsp3) is 0.500. The first-order chi connectivity index (χ1) is 10.8. The maximum atomic E-state index is 13.0. The summed E-state index contributed by atoms with van der Waals surface area (Å²) in [6, 6.07) is 5.10. The molecule has 0 radical (unpaired) electrons. The number of nitro groups is 1. The van der Waals surface area contributed by atoms with Gasteiger partial charge in [-0.1, -0.05) is 13.3 Å². The number of nitrogens with zero attached hydrogens (tertiary/aromatic N) is 1. The third-order valence-corrected chi connectivity index (χ3v) is 4.93. The van der Waals surface area contributed by atoms with Crippen LogP contribution >= 0.6 is 7.60 Å². The van der Waals surface area contributed by atoms with E-state index in [0.717, 1.165) is 0 Å². The van der Waals surface area contributed by atoms with Crippen LogP contribution in [0.15, 0.2) is 24.3 Å². The average Bonchev–Trinajstić information content (AvgIpc) is 2.47. The Balaban J connectivity index is 3.04. The maximum Gasteiger partial charge on any atom is 0.419 e. The molecule has 0 spiro atoms. The Labute approximate surface area is 134 Å². The Morgan fingerprint density at radius 1 is 1.30 bits per heavy atom. The van der Waals surface area contributed by atoms with E-state index in [9.17, 15) is 19.5 Å². The third kappa shape index (κ3) is 5.65. The standard InChI is InChI=1S/C14H20NO7P/c1-4-6-14(21-11(3)16)23(19,20-5-2)22-13-9-7-12(8-10-13)15(17)18/h7-10,14H,4-6H2,1-3H3/t14-,23+/m1/s1. The molecule has 9 heteroatoms. The first-order valence-electron chi connectivity index (χ1n) is 7.18. The van der Waals surface area contributed by atoms with Crippen molar-refractivity contribution in [1.29, 1.82) is 0 Å². The van der Waals surface area contributed by atoms with Gasteiger partial charge in [-0.3, -0.25) is 19.4 Å². The summed E-state index contributed by atoms with van der Waals surface area (Å²) in [5.74, 6) is -1.48. The van der Waals surface area contributed by atoms with Crippen molar-refractivity contribution in [3.8, 4) is 5.75 Å². The molecule has 1 aromatic rings. The molecule has 0 saturated heterocycles. The van der Waals surface area contributed by atoms with Crippen LogP contribution in [-0.4, -0.2) is 23.3 Å². The number of nitro benzene ring substituents is 1. The summed E-state index contributed by atoms with van der Waals surface area (Å²) in [6.45, 7) is 4.80. The largest absolute Gasteiger partial charge is 0.448 e. The van der Waals surface area contributed by atoms with Gasteiger partial charge in [-0.25, -0.2) is 4.57 Å². The van der Waals surface area contributed by atoms with Crippen molar-refractivity contribution >= 4 is 19.3 Å². The minimum atomic E-state index is -3.77. The van der Waals surface area contributed by atoms with Gasteiger partial charge in [0.1, 0.15) is 5.75 Å². The summed E-state index contributed by atoms with van der Waals surface area (Å²) in [7, 11) is -3.77. The van der Waals surface area contributed by atoms with Crippen molar-refractivity contribution < 1.29 is 28.1 Å². The van der Waals surface area contributed by atoms with E-state index >= 15 is 0 Å². The number of ether oxygens (including phenoxy) is 1. The zero-order chi connectivity index (χ0) is 17.5. The fourth-order valence-electron chi connectivity index (χ4n) is 1.84. The first kappa shape index (κ1) is 19.1. The highest BCUT2D eigenvalue weighted by Crippen LogP contribution is 2.54. The molecular weight excluding hydrogens is 325 g/mol. The van der Waals surface area contributed by atoms with Crippen molar-refractivity contribution in [3.05, 3.63) is 34.4 Å². The van der Waals surface area contributed by atoms with E-state index in [1.165, 1.54) is 31.2 Å². The number of hydrogen-bond donors (Lipinski definition) is 0. The minimum Gasteiger partial charge on any atom is -0.448 e. The monoisotopic (exact) mass is 345 g/mol. The molecule has 0 aliphatic heterocycles. The van der Waals surface area contributed by atoms with Crippen molar-refractivity contribution in [3.63, 3.8) is 0 Å². The molecule has 128 valence electrons. The number of benzene rings is 1. The first-order valence-corrected chi connectivity index (χ1v) is 8.79. The van der Waals surface area contributed by atoms with E-state index < -0.39 is 24.3 Å². The zero-order valence-corrected chi connectivity index (χ0v) is 14.2. The Hall–Kier alpha value is -1.92. The van der Waals surface area contributed by atoms with Crippen molar-refractivity contribution in [2.24, 2.45) is 0 Å². The summed E-state index contributed by atoms with van der Waals surface area (Å²) in [5, 5.41) is 10.6. The Bertz CT molecular complexity index is 587. The van der Waals surface area contributed by atoms with Crippen LogP contribution in [0, 0.1) is 10.1 Å². The molecule has 0 unspecified atom stereocenters. The number of carbonyl (C=O) groups excluding carboxylic acids is 1. The summed E-state index contributed by atoms with van der Waals surface area (Å²) in [5.41, 5.74) is -0.117. The van der Waals surface area contributed by atoms with E-state index in [2.05, 4.69) is 0 Å². The second-order valence-electron chi connectivity index (χ2n) is 4.65. The Morgan fingerprint density at radius 2 is 1.91 bits per heavy atom. The van der Waals surface area contributed by atoms with Gasteiger partial charge in [-0.05, 0) is 25.5 Å². The second-order valence-corrected chi connectivity index (χ2v) is 6.75. The molecule has 0 amide bonds. The normalized spacial score (nSPS) is 14.6. The van der Waals surface area contributed by atoms with Gasteiger partial charge in [0.15, 0.2) is 0 Å². The van der Waals surface area contributed by atoms with E-state index in [0.29, 0.717) is 12.8 Å². The lowest BCUT2D eigenvalue weighted by Crippen LogP contribution is -2.21. The van der Waals surface area contributed by atoms with Crippen LogP contribution < -0.4 is 4.52 Å².